The van der Waals surface area contributed by atoms with Crippen molar-refractivity contribution in [1.82, 2.24) is 15.1 Å². The van der Waals surface area contributed by atoms with Gasteiger partial charge < -0.3 is 19.9 Å². The summed E-state index contributed by atoms with van der Waals surface area (Å²) in [4.78, 5) is 54.4. The first-order valence-corrected chi connectivity index (χ1v) is 10.1. The molecule has 9 nitrogen and oxygen atoms in total. The zero-order chi connectivity index (χ0) is 21.6. The van der Waals surface area contributed by atoms with Crippen molar-refractivity contribution in [2.45, 2.75) is 31.7 Å². The van der Waals surface area contributed by atoms with E-state index in [4.69, 9.17) is 4.74 Å². The average Bonchev–Trinajstić information content (AvgIpc) is 3.22. The van der Waals surface area contributed by atoms with Crippen LogP contribution in [0.15, 0.2) is 18.2 Å². The van der Waals surface area contributed by atoms with Crippen LogP contribution < -0.4 is 15.0 Å². The lowest BCUT2D eigenvalue weighted by molar-refractivity contribution is -0.140. The van der Waals surface area contributed by atoms with Gasteiger partial charge in [0.05, 0.1) is 18.7 Å². The molecule has 0 aromatic heterocycles. The second-order valence-corrected chi connectivity index (χ2v) is 8.28. The monoisotopic (exact) mass is 414 g/mol. The zero-order valence-corrected chi connectivity index (χ0v) is 17.4. The molecule has 9 heteroatoms. The zero-order valence-electron chi connectivity index (χ0n) is 17.4. The first-order valence-electron chi connectivity index (χ1n) is 10.1. The Morgan fingerprint density at radius 2 is 1.90 bits per heavy atom. The molecular weight excluding hydrogens is 388 g/mol. The summed E-state index contributed by atoms with van der Waals surface area (Å²) < 4.78 is 5.39. The minimum absolute atomic E-state index is 0.0857. The third-order valence-electron chi connectivity index (χ3n) is 6.39. The number of ether oxygens (including phenoxy) is 1. The number of aryl methyl sites for hydroxylation is 1. The standard InChI is InChI=1S/C21H26N4O5/c1-13-4-5-16(30-3)15(10-13)25-12-14(11-17(25)26)18(27)24-8-6-21(7-9-24)19(28)23(2)20(29)22-21/h4-5,10,14H,6-9,11-12H2,1-3H3,(H,22,29)/t14-/m0/s1. The maximum Gasteiger partial charge on any atom is 0.324 e. The van der Waals surface area contributed by atoms with Crippen molar-refractivity contribution in [2.24, 2.45) is 5.92 Å². The normalized spacial score (nSPS) is 23.4. The molecule has 1 aromatic carbocycles. The number of hydrogen-bond donors (Lipinski definition) is 1. The Labute approximate surface area is 174 Å². The minimum Gasteiger partial charge on any atom is -0.495 e. The number of amides is 5. The van der Waals surface area contributed by atoms with E-state index >= 15 is 0 Å². The van der Waals surface area contributed by atoms with Gasteiger partial charge in [0.15, 0.2) is 0 Å². The summed E-state index contributed by atoms with van der Waals surface area (Å²) in [5.41, 5.74) is 0.773. The summed E-state index contributed by atoms with van der Waals surface area (Å²) in [6.45, 7) is 2.99. The van der Waals surface area contributed by atoms with Gasteiger partial charge in [-0.15, -0.1) is 0 Å². The minimum atomic E-state index is -0.908. The first-order chi connectivity index (χ1) is 14.3. The number of carbonyl (C=O) groups excluding carboxylic acids is 4. The van der Waals surface area contributed by atoms with Crippen molar-refractivity contribution >= 4 is 29.4 Å². The highest BCUT2D eigenvalue weighted by atomic mass is 16.5. The van der Waals surface area contributed by atoms with Gasteiger partial charge in [-0.1, -0.05) is 6.07 Å². The molecular formula is C21H26N4O5. The number of nitrogens with zero attached hydrogens (tertiary/aromatic N) is 3. The molecule has 0 saturated carbocycles. The van der Waals surface area contributed by atoms with Crippen molar-refractivity contribution < 1.29 is 23.9 Å². The van der Waals surface area contributed by atoms with E-state index in [1.165, 1.54) is 7.05 Å². The SMILES string of the molecule is COc1ccc(C)cc1N1C[C@@H](C(=O)N2CCC3(CC2)NC(=O)N(C)C3=O)CC1=O. The van der Waals surface area contributed by atoms with Gasteiger partial charge >= 0.3 is 6.03 Å². The van der Waals surface area contributed by atoms with E-state index < -0.39 is 17.5 Å². The fourth-order valence-corrected chi connectivity index (χ4v) is 4.58. The summed E-state index contributed by atoms with van der Waals surface area (Å²) in [5, 5.41) is 2.77. The third kappa shape index (κ3) is 3.18. The van der Waals surface area contributed by atoms with Gasteiger partial charge in [0, 0.05) is 33.1 Å². The molecule has 3 aliphatic rings. The number of likely N-dealkylation sites (tertiary alicyclic amines) is 1. The van der Waals surface area contributed by atoms with Gasteiger partial charge in [0.1, 0.15) is 11.3 Å². The number of nitrogens with one attached hydrogen (secondary N) is 1. The van der Waals surface area contributed by atoms with Crippen molar-refractivity contribution in [3.8, 4) is 5.75 Å². The first kappa shape index (κ1) is 20.2. The second kappa shape index (κ2) is 7.30. The molecule has 0 radical (unpaired) electrons. The van der Waals surface area contributed by atoms with E-state index in [1.807, 2.05) is 25.1 Å². The summed E-state index contributed by atoms with van der Waals surface area (Å²) in [7, 11) is 3.02. The van der Waals surface area contributed by atoms with Crippen LogP contribution in [0.2, 0.25) is 0 Å². The molecule has 0 aliphatic carbocycles. The van der Waals surface area contributed by atoms with Gasteiger partial charge in [-0.2, -0.15) is 0 Å². The van der Waals surface area contributed by atoms with Crippen LogP contribution in [0.4, 0.5) is 10.5 Å². The van der Waals surface area contributed by atoms with Crippen molar-refractivity contribution in [3.05, 3.63) is 23.8 Å². The Bertz CT molecular complexity index is 922. The molecule has 1 spiro atoms. The lowest BCUT2D eigenvalue weighted by atomic mass is 9.87. The van der Waals surface area contributed by atoms with Crippen LogP contribution in [0, 0.1) is 12.8 Å². The maximum atomic E-state index is 13.1. The Balaban J connectivity index is 1.44. The molecule has 4 rings (SSSR count). The van der Waals surface area contributed by atoms with Crippen molar-refractivity contribution in [2.75, 3.05) is 38.7 Å². The summed E-state index contributed by atoms with van der Waals surface area (Å²) in [6, 6.07) is 5.22. The van der Waals surface area contributed by atoms with E-state index in [9.17, 15) is 19.2 Å². The number of urea groups is 1. The highest BCUT2D eigenvalue weighted by Crippen LogP contribution is 2.35. The fraction of sp³-hybridized carbons (Fsp3) is 0.524. The molecule has 1 aromatic rings. The highest BCUT2D eigenvalue weighted by molar-refractivity contribution is 6.07. The van der Waals surface area contributed by atoms with Gasteiger partial charge in [-0.3, -0.25) is 19.3 Å². The van der Waals surface area contributed by atoms with Crippen LogP contribution in [0.5, 0.6) is 5.75 Å². The molecule has 160 valence electrons. The average molecular weight is 414 g/mol. The molecule has 30 heavy (non-hydrogen) atoms. The second-order valence-electron chi connectivity index (χ2n) is 8.28. The number of piperidine rings is 1. The van der Waals surface area contributed by atoms with Gasteiger partial charge in [-0.25, -0.2) is 4.79 Å². The molecule has 3 fully saturated rings. The smallest absolute Gasteiger partial charge is 0.324 e. The maximum absolute atomic E-state index is 13.1. The van der Waals surface area contributed by atoms with Crippen LogP contribution in [-0.4, -0.2) is 72.9 Å². The number of likely N-dealkylation sites (N-methyl/N-ethyl adjacent to an activating group) is 1. The van der Waals surface area contributed by atoms with E-state index in [2.05, 4.69) is 5.32 Å². The van der Waals surface area contributed by atoms with Crippen molar-refractivity contribution in [1.29, 1.82) is 0 Å². The lowest BCUT2D eigenvalue weighted by Crippen LogP contribution is -2.56. The molecule has 3 aliphatic heterocycles. The Morgan fingerprint density at radius 1 is 1.20 bits per heavy atom. The van der Waals surface area contributed by atoms with E-state index in [0.29, 0.717) is 43.9 Å². The summed E-state index contributed by atoms with van der Waals surface area (Å²) >= 11 is 0. The van der Waals surface area contributed by atoms with Crippen LogP contribution in [0.3, 0.4) is 0 Å². The number of carbonyl (C=O) groups is 4. The molecule has 0 unspecified atom stereocenters. The van der Waals surface area contributed by atoms with E-state index in [-0.39, 0.29) is 24.1 Å². The lowest BCUT2D eigenvalue weighted by Gasteiger charge is -2.38. The predicted molar refractivity (Wildman–Crippen MR) is 108 cm³/mol. The molecule has 1 N–H and O–H groups in total. The number of imide groups is 1. The number of rotatable bonds is 3. The quantitative estimate of drug-likeness (QED) is 0.741. The predicted octanol–water partition coefficient (Wildman–Crippen LogP) is 0.899. The number of hydrogen-bond acceptors (Lipinski definition) is 5. The van der Waals surface area contributed by atoms with Crippen LogP contribution in [0.25, 0.3) is 0 Å². The molecule has 5 amide bonds. The number of benzene rings is 1. The van der Waals surface area contributed by atoms with Crippen LogP contribution >= 0.6 is 0 Å². The van der Waals surface area contributed by atoms with E-state index in [0.717, 1.165) is 10.5 Å². The molecule has 1 atom stereocenters. The Hall–Kier alpha value is -3.10. The number of methoxy groups -OCH3 is 1. The molecule has 0 bridgehead atoms. The summed E-state index contributed by atoms with van der Waals surface area (Å²) in [6.07, 6.45) is 0.906. The largest absolute Gasteiger partial charge is 0.495 e. The highest BCUT2D eigenvalue weighted by Gasteiger charge is 2.52. The summed E-state index contributed by atoms with van der Waals surface area (Å²) in [5.74, 6) is -0.272. The van der Waals surface area contributed by atoms with Crippen molar-refractivity contribution in [3.63, 3.8) is 0 Å². The van der Waals surface area contributed by atoms with Gasteiger partial charge in [0.25, 0.3) is 5.91 Å². The topological polar surface area (TPSA) is 99.3 Å². The van der Waals surface area contributed by atoms with Crippen LogP contribution in [-0.2, 0) is 14.4 Å². The molecule has 3 heterocycles. The Kier molecular flexibility index (Phi) is 4.91. The van der Waals surface area contributed by atoms with Gasteiger partial charge in [0.2, 0.25) is 11.8 Å². The van der Waals surface area contributed by atoms with Crippen LogP contribution in [0.1, 0.15) is 24.8 Å². The Morgan fingerprint density at radius 3 is 2.50 bits per heavy atom. The number of anilines is 1. The van der Waals surface area contributed by atoms with E-state index in [1.54, 1.807) is 16.9 Å². The third-order valence-corrected chi connectivity index (χ3v) is 6.39. The fourth-order valence-electron chi connectivity index (χ4n) is 4.58. The van der Waals surface area contributed by atoms with Gasteiger partial charge in [-0.05, 0) is 37.5 Å². The molecule has 3 saturated heterocycles.